The number of rotatable bonds is 7. The van der Waals surface area contributed by atoms with E-state index < -0.39 is 0 Å². The van der Waals surface area contributed by atoms with E-state index in [1.165, 1.54) is 17.7 Å². The summed E-state index contributed by atoms with van der Waals surface area (Å²) in [6, 6.07) is 8.48. The summed E-state index contributed by atoms with van der Waals surface area (Å²) in [5, 5.41) is 0.851. The molecule has 1 atom stereocenters. The molecule has 3 rings (SSSR count). The summed E-state index contributed by atoms with van der Waals surface area (Å²) < 4.78 is 0. The molecule has 0 N–H and O–H groups in total. The van der Waals surface area contributed by atoms with Crippen molar-refractivity contribution in [1.82, 2.24) is 14.7 Å². The van der Waals surface area contributed by atoms with Crippen LogP contribution >= 0.6 is 23.4 Å². The molecule has 2 aliphatic heterocycles. The third-order valence-electron chi connectivity index (χ3n) is 5.66. The van der Waals surface area contributed by atoms with E-state index >= 15 is 0 Å². The molecule has 0 spiro atoms. The Morgan fingerprint density at radius 2 is 1.85 bits per heavy atom. The maximum absolute atomic E-state index is 12.6. The summed E-state index contributed by atoms with van der Waals surface area (Å²) in [6.07, 6.45) is 4.75. The Balaban J connectivity index is 1.31. The number of piperazine rings is 1. The van der Waals surface area contributed by atoms with Gasteiger partial charge in [-0.25, -0.2) is 0 Å². The van der Waals surface area contributed by atoms with Crippen molar-refractivity contribution in [2.75, 3.05) is 51.6 Å². The number of piperidine rings is 1. The first kappa shape index (κ1) is 21.0. The van der Waals surface area contributed by atoms with Crippen LogP contribution in [0.3, 0.4) is 0 Å². The van der Waals surface area contributed by atoms with E-state index in [1.807, 2.05) is 30.0 Å². The van der Waals surface area contributed by atoms with Crippen LogP contribution in [0.4, 0.5) is 0 Å². The Morgan fingerprint density at radius 1 is 1.11 bits per heavy atom. The van der Waals surface area contributed by atoms with E-state index in [0.717, 1.165) is 62.9 Å². The summed E-state index contributed by atoms with van der Waals surface area (Å²) in [7, 11) is 0. The van der Waals surface area contributed by atoms with Crippen molar-refractivity contribution in [3.63, 3.8) is 0 Å². The number of carbonyl (C=O) groups excluding carboxylic acids is 1. The molecule has 0 aliphatic carbocycles. The molecule has 1 unspecified atom stereocenters. The van der Waals surface area contributed by atoms with Crippen LogP contribution in [0.1, 0.15) is 32.6 Å². The fraction of sp³-hybridized carbons (Fsp3) is 0.667. The predicted octanol–water partition coefficient (Wildman–Crippen LogP) is 3.84. The van der Waals surface area contributed by atoms with Crippen molar-refractivity contribution < 1.29 is 4.79 Å². The lowest BCUT2D eigenvalue weighted by Crippen LogP contribution is -2.52. The Bertz CT molecular complexity index is 607. The smallest absolute Gasteiger partial charge is 0.236 e. The first-order valence-electron chi connectivity index (χ1n) is 10.2. The molecule has 150 valence electrons. The topological polar surface area (TPSA) is 26.8 Å². The summed E-state index contributed by atoms with van der Waals surface area (Å²) in [4.78, 5) is 20.7. The lowest BCUT2D eigenvalue weighted by molar-refractivity contribution is -0.136. The molecule has 1 amide bonds. The minimum absolute atomic E-state index is 0.326. The lowest BCUT2D eigenvalue weighted by atomic mass is 10.0. The number of likely N-dealkylation sites (tertiary alicyclic amines) is 1. The van der Waals surface area contributed by atoms with Crippen molar-refractivity contribution in [2.45, 2.75) is 43.5 Å². The van der Waals surface area contributed by atoms with E-state index in [0.29, 0.717) is 18.5 Å². The number of hydrogen-bond donors (Lipinski definition) is 0. The second-order valence-electron chi connectivity index (χ2n) is 7.68. The molecule has 6 heteroatoms. The fourth-order valence-electron chi connectivity index (χ4n) is 3.95. The van der Waals surface area contributed by atoms with Crippen molar-refractivity contribution in [2.24, 2.45) is 0 Å². The SMILES string of the molecule is CC1CCCCN1C(=O)CN1CCN(CCCSc2ccccc2Cl)CC1. The summed E-state index contributed by atoms with van der Waals surface area (Å²) >= 11 is 8.05. The molecule has 2 fully saturated rings. The zero-order valence-corrected chi connectivity index (χ0v) is 18.0. The van der Waals surface area contributed by atoms with Crippen LogP contribution in [0.2, 0.25) is 5.02 Å². The molecule has 2 saturated heterocycles. The van der Waals surface area contributed by atoms with Crippen LogP contribution in [0.15, 0.2) is 29.2 Å². The van der Waals surface area contributed by atoms with Gasteiger partial charge in [0.25, 0.3) is 0 Å². The fourth-order valence-corrected chi connectivity index (χ4v) is 5.13. The predicted molar refractivity (Wildman–Crippen MR) is 115 cm³/mol. The Hall–Kier alpha value is -0.750. The number of hydrogen-bond acceptors (Lipinski definition) is 4. The van der Waals surface area contributed by atoms with E-state index in [2.05, 4.69) is 27.7 Å². The molecule has 2 aliphatic rings. The van der Waals surface area contributed by atoms with Gasteiger partial charge in [0.05, 0.1) is 11.6 Å². The van der Waals surface area contributed by atoms with Crippen LogP contribution < -0.4 is 0 Å². The molecule has 0 saturated carbocycles. The number of nitrogens with zero attached hydrogens (tertiary/aromatic N) is 3. The Kier molecular flexibility index (Phi) is 8.31. The normalized spacial score (nSPS) is 22.1. The van der Waals surface area contributed by atoms with Gasteiger partial charge in [-0.1, -0.05) is 23.7 Å². The van der Waals surface area contributed by atoms with Gasteiger partial charge in [0.15, 0.2) is 0 Å². The van der Waals surface area contributed by atoms with Gasteiger partial charge in [-0.2, -0.15) is 0 Å². The van der Waals surface area contributed by atoms with Crippen LogP contribution in [0, 0.1) is 0 Å². The largest absolute Gasteiger partial charge is 0.339 e. The van der Waals surface area contributed by atoms with Crippen LogP contribution in [-0.2, 0) is 4.79 Å². The zero-order chi connectivity index (χ0) is 19.1. The van der Waals surface area contributed by atoms with E-state index in [-0.39, 0.29) is 0 Å². The van der Waals surface area contributed by atoms with E-state index in [9.17, 15) is 4.79 Å². The van der Waals surface area contributed by atoms with Gasteiger partial charge in [-0.3, -0.25) is 9.69 Å². The summed E-state index contributed by atoms with van der Waals surface area (Å²) in [5.74, 6) is 1.42. The highest BCUT2D eigenvalue weighted by molar-refractivity contribution is 7.99. The molecular weight excluding hydrogens is 378 g/mol. The van der Waals surface area contributed by atoms with Crippen LogP contribution in [0.5, 0.6) is 0 Å². The molecular formula is C21H32ClN3OS. The Labute approximate surface area is 173 Å². The maximum Gasteiger partial charge on any atom is 0.236 e. The van der Waals surface area contributed by atoms with Crippen LogP contribution in [0.25, 0.3) is 0 Å². The van der Waals surface area contributed by atoms with Gasteiger partial charge < -0.3 is 9.80 Å². The Morgan fingerprint density at radius 3 is 2.59 bits per heavy atom. The van der Waals surface area contributed by atoms with E-state index in [1.54, 1.807) is 0 Å². The molecule has 1 aromatic carbocycles. The van der Waals surface area contributed by atoms with Gasteiger partial charge in [-0.05, 0) is 57.0 Å². The minimum atomic E-state index is 0.326. The maximum atomic E-state index is 12.6. The highest BCUT2D eigenvalue weighted by Gasteiger charge is 2.26. The molecule has 0 radical (unpaired) electrons. The quantitative estimate of drug-likeness (QED) is 0.505. The van der Waals surface area contributed by atoms with Crippen molar-refractivity contribution >= 4 is 29.3 Å². The molecule has 2 heterocycles. The minimum Gasteiger partial charge on any atom is -0.339 e. The van der Waals surface area contributed by atoms with Gasteiger partial charge in [0.1, 0.15) is 0 Å². The summed E-state index contributed by atoms with van der Waals surface area (Å²) in [5.41, 5.74) is 0. The third kappa shape index (κ3) is 6.38. The first-order chi connectivity index (χ1) is 13.1. The average molecular weight is 410 g/mol. The van der Waals surface area contributed by atoms with Crippen molar-refractivity contribution in [3.05, 3.63) is 29.3 Å². The van der Waals surface area contributed by atoms with Gasteiger partial charge in [-0.15, -0.1) is 11.8 Å². The molecule has 27 heavy (non-hydrogen) atoms. The highest BCUT2D eigenvalue weighted by Crippen LogP contribution is 2.27. The molecule has 1 aromatic rings. The van der Waals surface area contributed by atoms with Gasteiger partial charge in [0.2, 0.25) is 5.91 Å². The number of thioether (sulfide) groups is 1. The monoisotopic (exact) mass is 409 g/mol. The number of carbonyl (C=O) groups is 1. The molecule has 0 aromatic heterocycles. The van der Waals surface area contributed by atoms with Gasteiger partial charge >= 0.3 is 0 Å². The first-order valence-corrected chi connectivity index (χ1v) is 11.6. The molecule has 4 nitrogen and oxygen atoms in total. The average Bonchev–Trinajstić information content (AvgIpc) is 2.68. The van der Waals surface area contributed by atoms with E-state index in [4.69, 9.17) is 11.6 Å². The lowest BCUT2D eigenvalue weighted by Gasteiger charge is -2.38. The summed E-state index contributed by atoms with van der Waals surface area (Å²) in [6.45, 7) is 9.01. The molecule has 0 bridgehead atoms. The van der Waals surface area contributed by atoms with Crippen molar-refractivity contribution in [3.8, 4) is 0 Å². The number of benzene rings is 1. The third-order valence-corrected chi connectivity index (χ3v) is 7.26. The zero-order valence-electron chi connectivity index (χ0n) is 16.4. The second kappa shape index (κ2) is 10.7. The van der Waals surface area contributed by atoms with Crippen molar-refractivity contribution in [1.29, 1.82) is 0 Å². The standard InChI is InChI=1S/C21H32ClN3OS/c1-18-7-4-5-11-25(18)21(26)17-24-14-12-23(13-15-24)10-6-16-27-20-9-3-2-8-19(20)22/h2-3,8-9,18H,4-7,10-17H2,1H3. The highest BCUT2D eigenvalue weighted by atomic mass is 35.5. The van der Waals surface area contributed by atoms with Crippen LogP contribution in [-0.4, -0.2) is 78.2 Å². The number of halogens is 1. The number of amides is 1. The second-order valence-corrected chi connectivity index (χ2v) is 9.23. The van der Waals surface area contributed by atoms with Gasteiger partial charge in [0, 0.05) is 43.7 Å².